The molecule has 1 fully saturated rings. The SMILES string of the molecule is BN1CCN(CC(C)(CC)CC)CC1. The number of hydrogen-bond acceptors (Lipinski definition) is 2. The molecule has 2 nitrogen and oxygen atoms in total. The van der Waals surface area contributed by atoms with Crippen LogP contribution in [0.1, 0.15) is 33.6 Å². The third kappa shape index (κ3) is 3.28. The predicted octanol–water partition coefficient (Wildman–Crippen LogP) is 0.978. The van der Waals surface area contributed by atoms with Gasteiger partial charge in [-0.15, -0.1) is 0 Å². The van der Waals surface area contributed by atoms with Crippen LogP contribution < -0.4 is 0 Å². The fourth-order valence-electron chi connectivity index (χ4n) is 2.02. The maximum absolute atomic E-state index is 2.63. The van der Waals surface area contributed by atoms with E-state index in [4.69, 9.17) is 0 Å². The van der Waals surface area contributed by atoms with E-state index in [1.54, 1.807) is 0 Å². The van der Waals surface area contributed by atoms with Gasteiger partial charge in [0.1, 0.15) is 0 Å². The molecule has 0 spiro atoms. The van der Waals surface area contributed by atoms with Crippen molar-refractivity contribution in [2.75, 3.05) is 32.7 Å². The number of hydrogen-bond donors (Lipinski definition) is 0. The Morgan fingerprint density at radius 2 is 1.57 bits per heavy atom. The smallest absolute Gasteiger partial charge is 0.185 e. The number of piperazine rings is 1. The average Bonchev–Trinajstić information content (AvgIpc) is 2.21. The highest BCUT2D eigenvalue weighted by Crippen LogP contribution is 2.26. The highest BCUT2D eigenvalue weighted by molar-refractivity contribution is 6.04. The van der Waals surface area contributed by atoms with Crippen LogP contribution in [0, 0.1) is 5.41 Å². The molecule has 0 bridgehead atoms. The molecule has 82 valence electrons. The van der Waals surface area contributed by atoms with Gasteiger partial charge >= 0.3 is 0 Å². The monoisotopic (exact) mass is 196 g/mol. The second kappa shape index (κ2) is 5.17. The molecular weight excluding hydrogens is 171 g/mol. The minimum Gasteiger partial charge on any atom is -0.346 e. The maximum Gasteiger partial charge on any atom is 0.185 e. The van der Waals surface area contributed by atoms with Gasteiger partial charge in [-0.3, -0.25) is 0 Å². The zero-order chi connectivity index (χ0) is 10.6. The molecule has 1 rings (SSSR count). The van der Waals surface area contributed by atoms with Crippen molar-refractivity contribution in [3.05, 3.63) is 0 Å². The van der Waals surface area contributed by atoms with Crippen LogP contribution in [0.25, 0.3) is 0 Å². The second-order valence-electron chi connectivity index (χ2n) is 5.10. The van der Waals surface area contributed by atoms with E-state index in [1.165, 1.54) is 45.6 Å². The van der Waals surface area contributed by atoms with E-state index in [9.17, 15) is 0 Å². The van der Waals surface area contributed by atoms with Crippen molar-refractivity contribution < 1.29 is 0 Å². The Bertz CT molecular complexity index is 161. The van der Waals surface area contributed by atoms with Crippen molar-refractivity contribution in [1.82, 2.24) is 9.71 Å². The third-order valence-electron chi connectivity index (χ3n) is 3.91. The normalized spacial score (nSPS) is 21.4. The standard InChI is InChI=1S/C11H25BN2/c1-4-11(3,5-2)10-13-6-8-14(12)9-7-13/h4-10,12H2,1-3H3. The molecule has 1 heterocycles. The van der Waals surface area contributed by atoms with Gasteiger partial charge in [0.05, 0.1) is 0 Å². The molecule has 0 radical (unpaired) electrons. The molecule has 0 aromatic heterocycles. The van der Waals surface area contributed by atoms with Crippen LogP contribution in [0.2, 0.25) is 0 Å². The number of rotatable bonds is 4. The van der Waals surface area contributed by atoms with Gasteiger partial charge in [0.15, 0.2) is 7.98 Å². The van der Waals surface area contributed by atoms with Gasteiger partial charge in [-0.2, -0.15) is 0 Å². The lowest BCUT2D eigenvalue weighted by Gasteiger charge is -2.39. The first-order valence-corrected chi connectivity index (χ1v) is 6.00. The third-order valence-corrected chi connectivity index (χ3v) is 3.91. The molecule has 0 unspecified atom stereocenters. The molecule has 0 aromatic carbocycles. The van der Waals surface area contributed by atoms with Crippen molar-refractivity contribution >= 4 is 7.98 Å². The Labute approximate surface area is 90.1 Å². The summed E-state index contributed by atoms with van der Waals surface area (Å²) in [5, 5.41) is 0. The fraction of sp³-hybridized carbons (Fsp3) is 1.00. The van der Waals surface area contributed by atoms with Gasteiger partial charge in [-0.1, -0.05) is 20.8 Å². The van der Waals surface area contributed by atoms with E-state index in [0.29, 0.717) is 5.41 Å². The van der Waals surface area contributed by atoms with E-state index in [1.807, 2.05) is 0 Å². The van der Waals surface area contributed by atoms with Crippen LogP contribution in [-0.4, -0.2) is 50.4 Å². The van der Waals surface area contributed by atoms with Crippen LogP contribution in [0.5, 0.6) is 0 Å². The molecule has 3 heteroatoms. The van der Waals surface area contributed by atoms with E-state index < -0.39 is 0 Å². The Hall–Kier alpha value is -0.0151. The molecule has 14 heavy (non-hydrogen) atoms. The van der Waals surface area contributed by atoms with Crippen LogP contribution in [0.3, 0.4) is 0 Å². The average molecular weight is 196 g/mol. The van der Waals surface area contributed by atoms with E-state index in [0.717, 1.165) is 0 Å². The van der Waals surface area contributed by atoms with Crippen molar-refractivity contribution in [2.45, 2.75) is 33.6 Å². The first kappa shape index (κ1) is 12.1. The highest BCUT2D eigenvalue weighted by atomic mass is 15.2. The molecular formula is C11H25BN2. The molecule has 0 aliphatic carbocycles. The quantitative estimate of drug-likeness (QED) is 0.618. The molecule has 1 aliphatic heterocycles. The lowest BCUT2D eigenvalue weighted by Crippen LogP contribution is -2.48. The summed E-state index contributed by atoms with van der Waals surface area (Å²) in [5.74, 6) is 0. The first-order valence-electron chi connectivity index (χ1n) is 6.00. The summed E-state index contributed by atoms with van der Waals surface area (Å²) < 4.78 is 0. The van der Waals surface area contributed by atoms with Crippen LogP contribution in [0.4, 0.5) is 0 Å². The van der Waals surface area contributed by atoms with Gasteiger partial charge in [-0.25, -0.2) is 0 Å². The molecule has 1 aliphatic rings. The molecule has 0 atom stereocenters. The lowest BCUT2D eigenvalue weighted by molar-refractivity contribution is 0.118. The second-order valence-corrected chi connectivity index (χ2v) is 5.10. The van der Waals surface area contributed by atoms with Gasteiger partial charge in [0, 0.05) is 19.6 Å². The van der Waals surface area contributed by atoms with E-state index in [-0.39, 0.29) is 0 Å². The zero-order valence-corrected chi connectivity index (χ0v) is 10.3. The van der Waals surface area contributed by atoms with Gasteiger partial charge in [0.2, 0.25) is 0 Å². The fourth-order valence-corrected chi connectivity index (χ4v) is 2.02. The Balaban J connectivity index is 2.36. The van der Waals surface area contributed by atoms with Crippen molar-refractivity contribution in [3.63, 3.8) is 0 Å². The Morgan fingerprint density at radius 3 is 2.00 bits per heavy atom. The van der Waals surface area contributed by atoms with Crippen LogP contribution >= 0.6 is 0 Å². The summed E-state index contributed by atoms with van der Waals surface area (Å²) in [7, 11) is 2.22. The summed E-state index contributed by atoms with van der Waals surface area (Å²) in [6.07, 6.45) is 2.60. The molecule has 0 N–H and O–H groups in total. The maximum atomic E-state index is 2.63. The van der Waals surface area contributed by atoms with E-state index in [2.05, 4.69) is 38.5 Å². The van der Waals surface area contributed by atoms with Gasteiger partial charge in [-0.05, 0) is 31.3 Å². The van der Waals surface area contributed by atoms with Crippen LogP contribution in [0.15, 0.2) is 0 Å². The minimum absolute atomic E-state index is 0.538. The summed E-state index contributed by atoms with van der Waals surface area (Å²) in [6.45, 7) is 13.3. The Kier molecular flexibility index (Phi) is 4.46. The minimum atomic E-state index is 0.538. The molecule has 0 aromatic rings. The van der Waals surface area contributed by atoms with Gasteiger partial charge in [0.25, 0.3) is 0 Å². The largest absolute Gasteiger partial charge is 0.346 e. The first-order chi connectivity index (χ1) is 6.59. The molecule has 1 saturated heterocycles. The van der Waals surface area contributed by atoms with E-state index >= 15 is 0 Å². The molecule has 0 saturated carbocycles. The predicted molar refractivity (Wildman–Crippen MR) is 65.2 cm³/mol. The van der Waals surface area contributed by atoms with Crippen LogP contribution in [-0.2, 0) is 0 Å². The lowest BCUT2D eigenvalue weighted by atomic mass is 9.84. The van der Waals surface area contributed by atoms with Gasteiger partial charge < -0.3 is 9.71 Å². The zero-order valence-electron chi connectivity index (χ0n) is 10.3. The molecule has 0 amide bonds. The summed E-state index contributed by atoms with van der Waals surface area (Å²) in [5.41, 5.74) is 0.538. The topological polar surface area (TPSA) is 6.48 Å². The van der Waals surface area contributed by atoms with Crippen molar-refractivity contribution in [3.8, 4) is 0 Å². The summed E-state index contributed by atoms with van der Waals surface area (Å²) in [6, 6.07) is 0. The summed E-state index contributed by atoms with van der Waals surface area (Å²) >= 11 is 0. The van der Waals surface area contributed by atoms with Crippen molar-refractivity contribution in [2.24, 2.45) is 5.41 Å². The highest BCUT2D eigenvalue weighted by Gasteiger charge is 2.24. The summed E-state index contributed by atoms with van der Waals surface area (Å²) in [4.78, 5) is 5.05. The Morgan fingerprint density at radius 1 is 1.07 bits per heavy atom. The number of nitrogens with zero attached hydrogens (tertiary/aromatic N) is 2. The van der Waals surface area contributed by atoms with Crippen molar-refractivity contribution in [1.29, 1.82) is 0 Å².